The van der Waals surface area contributed by atoms with Gasteiger partial charge in [0.2, 0.25) is 0 Å². The maximum Gasteiger partial charge on any atom is 0.335 e. The van der Waals surface area contributed by atoms with E-state index >= 15 is 0 Å². The molecule has 0 spiro atoms. The van der Waals surface area contributed by atoms with E-state index in [1.54, 1.807) is 30.3 Å². The standard InChI is InChI=1S/C15H11NO3/c1-10-2-5-12(15(17)18)8-14(10)19-13-6-3-11(9-16)4-7-13/h2-8H,1H3,(H,17,18). The van der Waals surface area contributed by atoms with Crippen LogP contribution < -0.4 is 4.74 Å². The number of benzene rings is 2. The lowest BCUT2D eigenvalue weighted by atomic mass is 10.1. The summed E-state index contributed by atoms with van der Waals surface area (Å²) in [4.78, 5) is 10.9. The molecule has 4 heteroatoms. The lowest BCUT2D eigenvalue weighted by molar-refractivity contribution is 0.0696. The Morgan fingerprint density at radius 1 is 1.21 bits per heavy atom. The van der Waals surface area contributed by atoms with E-state index in [9.17, 15) is 4.79 Å². The van der Waals surface area contributed by atoms with Gasteiger partial charge in [0.1, 0.15) is 11.5 Å². The normalized spacial score (nSPS) is 9.68. The van der Waals surface area contributed by atoms with E-state index in [-0.39, 0.29) is 5.56 Å². The quantitative estimate of drug-likeness (QED) is 0.910. The first-order valence-electron chi connectivity index (χ1n) is 5.62. The molecule has 0 heterocycles. The van der Waals surface area contributed by atoms with Crippen molar-refractivity contribution < 1.29 is 14.6 Å². The van der Waals surface area contributed by atoms with Crippen LogP contribution in [0.2, 0.25) is 0 Å². The Kier molecular flexibility index (Phi) is 3.48. The molecule has 1 N–H and O–H groups in total. The van der Waals surface area contributed by atoms with Gasteiger partial charge in [0.15, 0.2) is 0 Å². The number of hydrogen-bond donors (Lipinski definition) is 1. The highest BCUT2D eigenvalue weighted by molar-refractivity contribution is 5.88. The number of nitrogens with zero attached hydrogens (tertiary/aromatic N) is 1. The van der Waals surface area contributed by atoms with Gasteiger partial charge in [-0.15, -0.1) is 0 Å². The first kappa shape index (κ1) is 12.7. The van der Waals surface area contributed by atoms with Gasteiger partial charge >= 0.3 is 5.97 Å². The van der Waals surface area contributed by atoms with Crippen LogP contribution in [0.3, 0.4) is 0 Å². The van der Waals surface area contributed by atoms with E-state index in [2.05, 4.69) is 0 Å². The average molecular weight is 253 g/mol. The van der Waals surface area contributed by atoms with Crippen LogP contribution in [-0.4, -0.2) is 11.1 Å². The Morgan fingerprint density at radius 2 is 1.89 bits per heavy atom. The SMILES string of the molecule is Cc1ccc(C(=O)O)cc1Oc1ccc(C#N)cc1. The third-order valence-electron chi connectivity index (χ3n) is 2.65. The summed E-state index contributed by atoms with van der Waals surface area (Å²) in [6, 6.07) is 13.4. The molecular weight excluding hydrogens is 242 g/mol. The number of rotatable bonds is 3. The second-order valence-corrected chi connectivity index (χ2v) is 4.02. The fourth-order valence-corrected chi connectivity index (χ4v) is 1.57. The van der Waals surface area contributed by atoms with Crippen LogP contribution in [0.5, 0.6) is 11.5 Å². The molecule has 0 aromatic heterocycles. The molecule has 4 nitrogen and oxygen atoms in total. The van der Waals surface area contributed by atoms with E-state index in [1.807, 2.05) is 13.0 Å². The minimum absolute atomic E-state index is 0.175. The number of carboxylic acids is 1. The largest absolute Gasteiger partial charge is 0.478 e. The Balaban J connectivity index is 2.29. The molecule has 2 aromatic rings. The first-order valence-corrected chi connectivity index (χ1v) is 5.62. The Morgan fingerprint density at radius 3 is 2.47 bits per heavy atom. The summed E-state index contributed by atoms with van der Waals surface area (Å²) < 4.78 is 5.63. The number of nitriles is 1. The predicted octanol–water partition coefficient (Wildman–Crippen LogP) is 3.36. The first-order chi connectivity index (χ1) is 9.10. The second-order valence-electron chi connectivity index (χ2n) is 4.02. The molecule has 0 atom stereocenters. The highest BCUT2D eigenvalue weighted by atomic mass is 16.5. The van der Waals surface area contributed by atoms with Gasteiger partial charge in [0.25, 0.3) is 0 Å². The highest BCUT2D eigenvalue weighted by Crippen LogP contribution is 2.26. The third kappa shape index (κ3) is 2.90. The predicted molar refractivity (Wildman–Crippen MR) is 69.4 cm³/mol. The number of aryl methyl sites for hydroxylation is 1. The van der Waals surface area contributed by atoms with Crippen LogP contribution in [0.1, 0.15) is 21.5 Å². The van der Waals surface area contributed by atoms with E-state index in [0.29, 0.717) is 17.1 Å². The van der Waals surface area contributed by atoms with E-state index in [0.717, 1.165) is 5.56 Å². The lowest BCUT2D eigenvalue weighted by Crippen LogP contribution is -1.97. The summed E-state index contributed by atoms with van der Waals surface area (Å²) in [5.41, 5.74) is 1.56. The molecule has 2 aromatic carbocycles. The Hall–Kier alpha value is -2.80. The van der Waals surface area contributed by atoms with Gasteiger partial charge in [-0.1, -0.05) is 6.07 Å². The van der Waals surface area contributed by atoms with Gasteiger partial charge in [-0.05, 0) is 48.9 Å². The monoisotopic (exact) mass is 253 g/mol. The van der Waals surface area contributed by atoms with Gasteiger partial charge in [-0.25, -0.2) is 4.79 Å². The third-order valence-corrected chi connectivity index (χ3v) is 2.65. The molecule has 0 saturated carbocycles. The average Bonchev–Trinajstić information content (AvgIpc) is 2.42. The minimum Gasteiger partial charge on any atom is -0.478 e. The summed E-state index contributed by atoms with van der Waals surface area (Å²) >= 11 is 0. The zero-order valence-corrected chi connectivity index (χ0v) is 10.3. The van der Waals surface area contributed by atoms with Gasteiger partial charge in [-0.3, -0.25) is 0 Å². The van der Waals surface area contributed by atoms with Gasteiger partial charge < -0.3 is 9.84 Å². The van der Waals surface area contributed by atoms with Crippen LogP contribution in [0, 0.1) is 18.3 Å². The topological polar surface area (TPSA) is 70.3 Å². The molecule has 0 aliphatic heterocycles. The molecule has 94 valence electrons. The van der Waals surface area contributed by atoms with Crippen LogP contribution in [0.25, 0.3) is 0 Å². The summed E-state index contributed by atoms with van der Waals surface area (Å²) in [6.45, 7) is 1.84. The van der Waals surface area contributed by atoms with Crippen molar-refractivity contribution >= 4 is 5.97 Å². The Labute approximate surface area is 110 Å². The molecule has 0 fully saturated rings. The lowest BCUT2D eigenvalue weighted by Gasteiger charge is -2.09. The maximum absolute atomic E-state index is 10.9. The molecular formula is C15H11NO3. The minimum atomic E-state index is -0.996. The summed E-state index contributed by atoms with van der Waals surface area (Å²) in [7, 11) is 0. The fourth-order valence-electron chi connectivity index (χ4n) is 1.57. The van der Waals surface area contributed by atoms with Crippen molar-refractivity contribution in [3.63, 3.8) is 0 Å². The van der Waals surface area contributed by atoms with E-state index in [1.165, 1.54) is 12.1 Å². The van der Waals surface area contributed by atoms with E-state index < -0.39 is 5.97 Å². The fraction of sp³-hybridized carbons (Fsp3) is 0.0667. The number of hydrogen-bond acceptors (Lipinski definition) is 3. The van der Waals surface area contributed by atoms with Gasteiger partial charge in [-0.2, -0.15) is 5.26 Å². The van der Waals surface area contributed by atoms with Crippen molar-refractivity contribution in [1.29, 1.82) is 5.26 Å². The highest BCUT2D eigenvalue weighted by Gasteiger charge is 2.08. The molecule has 0 radical (unpaired) electrons. The van der Waals surface area contributed by atoms with Crippen LogP contribution in [0.15, 0.2) is 42.5 Å². The number of carboxylic acid groups (broad SMARTS) is 1. The zero-order chi connectivity index (χ0) is 13.8. The summed E-state index contributed by atoms with van der Waals surface area (Å²) in [6.07, 6.45) is 0. The Bertz CT molecular complexity index is 654. The maximum atomic E-state index is 10.9. The molecule has 0 aliphatic carbocycles. The summed E-state index contributed by atoms with van der Waals surface area (Å²) in [5.74, 6) is 0.0546. The molecule has 0 amide bonds. The van der Waals surface area contributed by atoms with Crippen LogP contribution in [-0.2, 0) is 0 Å². The van der Waals surface area contributed by atoms with Crippen molar-refractivity contribution in [1.82, 2.24) is 0 Å². The van der Waals surface area contributed by atoms with Crippen LogP contribution >= 0.6 is 0 Å². The molecule has 0 saturated heterocycles. The molecule has 2 rings (SSSR count). The number of ether oxygens (including phenoxy) is 1. The molecule has 0 unspecified atom stereocenters. The molecule has 19 heavy (non-hydrogen) atoms. The van der Waals surface area contributed by atoms with Gasteiger partial charge in [0, 0.05) is 0 Å². The van der Waals surface area contributed by atoms with E-state index in [4.69, 9.17) is 15.1 Å². The smallest absolute Gasteiger partial charge is 0.335 e. The van der Waals surface area contributed by atoms with Crippen molar-refractivity contribution in [2.75, 3.05) is 0 Å². The number of aromatic carboxylic acids is 1. The van der Waals surface area contributed by atoms with Crippen LogP contribution in [0.4, 0.5) is 0 Å². The summed E-state index contributed by atoms with van der Waals surface area (Å²) in [5, 5.41) is 17.6. The molecule has 0 bridgehead atoms. The second kappa shape index (κ2) is 5.23. The molecule has 0 aliphatic rings. The van der Waals surface area contributed by atoms with Crippen molar-refractivity contribution in [3.8, 4) is 17.6 Å². The van der Waals surface area contributed by atoms with Crippen molar-refractivity contribution in [2.45, 2.75) is 6.92 Å². The van der Waals surface area contributed by atoms with Gasteiger partial charge in [0.05, 0.1) is 17.2 Å². The zero-order valence-electron chi connectivity index (χ0n) is 10.3. The van der Waals surface area contributed by atoms with Crippen molar-refractivity contribution in [2.24, 2.45) is 0 Å². The number of carbonyl (C=O) groups is 1. The van der Waals surface area contributed by atoms with Crippen molar-refractivity contribution in [3.05, 3.63) is 59.2 Å².